The van der Waals surface area contributed by atoms with Crippen molar-refractivity contribution >= 4 is 33.9 Å². The van der Waals surface area contributed by atoms with Crippen LogP contribution >= 0.6 is 11.3 Å². The number of imidazole rings is 1. The van der Waals surface area contributed by atoms with Gasteiger partial charge < -0.3 is 9.64 Å². The van der Waals surface area contributed by atoms with Crippen LogP contribution in [0.5, 0.6) is 0 Å². The second-order valence-electron chi connectivity index (χ2n) is 8.87. The molecular weight excluding hydrogens is 534 g/mol. The minimum Gasteiger partial charge on any atom is -0.466 e. The van der Waals surface area contributed by atoms with E-state index in [1.807, 2.05) is 41.6 Å². The van der Waals surface area contributed by atoms with Crippen molar-refractivity contribution in [2.75, 3.05) is 18.6 Å². The Bertz CT molecular complexity index is 1760. The number of pyridine rings is 2. The van der Waals surface area contributed by atoms with Gasteiger partial charge in [-0.05, 0) is 55.8 Å². The molecule has 0 aliphatic heterocycles. The Morgan fingerprint density at radius 3 is 2.50 bits per heavy atom. The van der Waals surface area contributed by atoms with Crippen molar-refractivity contribution in [3.8, 4) is 28.5 Å². The predicted octanol–water partition coefficient (Wildman–Crippen LogP) is 6.11. The highest BCUT2D eigenvalue weighted by atomic mass is 32.1. The van der Waals surface area contributed by atoms with E-state index >= 15 is 0 Å². The zero-order chi connectivity index (χ0) is 28.4. The number of nitriles is 1. The maximum Gasteiger partial charge on any atom is 0.311 e. The first kappa shape index (κ1) is 26.9. The van der Waals surface area contributed by atoms with Gasteiger partial charge in [-0.25, -0.2) is 18.7 Å². The Morgan fingerprint density at radius 2 is 1.82 bits per heavy atom. The smallest absolute Gasteiger partial charge is 0.311 e. The van der Waals surface area contributed by atoms with Gasteiger partial charge in [0.2, 0.25) is 0 Å². The number of halogens is 2. The van der Waals surface area contributed by atoms with Crippen molar-refractivity contribution in [2.24, 2.45) is 0 Å². The Kier molecular flexibility index (Phi) is 7.53. The number of carbonyl (C=O) groups excluding carboxylic acids is 1. The molecule has 0 spiro atoms. The van der Waals surface area contributed by atoms with Crippen LogP contribution in [-0.2, 0) is 22.4 Å². The van der Waals surface area contributed by atoms with Crippen molar-refractivity contribution < 1.29 is 18.3 Å². The van der Waals surface area contributed by atoms with Crippen molar-refractivity contribution in [1.82, 2.24) is 19.4 Å². The van der Waals surface area contributed by atoms with Gasteiger partial charge in [-0.3, -0.25) is 14.2 Å². The van der Waals surface area contributed by atoms with E-state index in [2.05, 4.69) is 11.1 Å². The molecule has 4 heterocycles. The van der Waals surface area contributed by atoms with Crippen molar-refractivity contribution in [1.29, 1.82) is 5.26 Å². The fraction of sp³-hybridized carbons (Fsp3) is 0.207. The lowest BCUT2D eigenvalue weighted by atomic mass is 10.1. The highest BCUT2D eigenvalue weighted by Crippen LogP contribution is 2.37. The summed E-state index contributed by atoms with van der Waals surface area (Å²) < 4.78 is 35.1. The summed E-state index contributed by atoms with van der Waals surface area (Å²) in [4.78, 5) is 27.7. The first-order valence-corrected chi connectivity index (χ1v) is 13.4. The second kappa shape index (κ2) is 11.2. The molecule has 8 nitrogen and oxygen atoms in total. The van der Waals surface area contributed by atoms with Crippen LogP contribution in [0.25, 0.3) is 28.0 Å². The Balaban J connectivity index is 1.54. The number of ether oxygens (including phenoxy) is 1. The van der Waals surface area contributed by atoms with Gasteiger partial charge in [0.1, 0.15) is 39.7 Å². The van der Waals surface area contributed by atoms with Gasteiger partial charge in [0.15, 0.2) is 5.13 Å². The average Bonchev–Trinajstić information content (AvgIpc) is 3.55. The zero-order valence-corrected chi connectivity index (χ0v) is 22.8. The third-order valence-corrected chi connectivity index (χ3v) is 7.34. The quantitative estimate of drug-likeness (QED) is 0.212. The summed E-state index contributed by atoms with van der Waals surface area (Å²) >= 11 is 1.23. The maximum absolute atomic E-state index is 14.8. The number of anilines is 2. The molecule has 0 saturated carbocycles. The molecule has 202 valence electrons. The molecule has 11 heteroatoms. The minimum atomic E-state index is -0.594. The van der Waals surface area contributed by atoms with Crippen molar-refractivity contribution in [2.45, 2.75) is 26.7 Å². The lowest BCUT2D eigenvalue weighted by molar-refractivity contribution is -0.142. The summed E-state index contributed by atoms with van der Waals surface area (Å²) in [6, 6.07) is 13.1. The molecule has 5 aromatic rings. The van der Waals surface area contributed by atoms with Crippen LogP contribution in [0, 0.1) is 23.0 Å². The van der Waals surface area contributed by atoms with Gasteiger partial charge in [0, 0.05) is 36.1 Å². The number of nitrogens with zero attached hydrogens (tertiary/aromatic N) is 6. The van der Waals surface area contributed by atoms with Gasteiger partial charge in [0.25, 0.3) is 0 Å². The number of aromatic nitrogens is 4. The number of hydrogen-bond acceptors (Lipinski definition) is 8. The van der Waals surface area contributed by atoms with Crippen LogP contribution in [0.2, 0.25) is 0 Å². The monoisotopic (exact) mass is 558 g/mol. The normalized spacial score (nSPS) is 11.0. The number of fused-ring (bicyclic) bond motifs is 1. The van der Waals surface area contributed by atoms with Crippen LogP contribution in [-0.4, -0.2) is 39.0 Å². The summed E-state index contributed by atoms with van der Waals surface area (Å²) in [7, 11) is 1.84. The molecule has 0 aliphatic carbocycles. The van der Waals surface area contributed by atoms with E-state index in [9.17, 15) is 18.8 Å². The molecule has 0 amide bonds. The van der Waals surface area contributed by atoms with Crippen molar-refractivity contribution in [3.05, 3.63) is 82.8 Å². The Morgan fingerprint density at radius 1 is 1.07 bits per heavy atom. The van der Waals surface area contributed by atoms with Crippen LogP contribution < -0.4 is 4.90 Å². The molecule has 0 fully saturated rings. The third-order valence-electron chi connectivity index (χ3n) is 6.31. The molecule has 0 N–H and O–H groups in total. The van der Waals surface area contributed by atoms with Crippen LogP contribution in [0.15, 0.2) is 54.9 Å². The van der Waals surface area contributed by atoms with Crippen LogP contribution in [0.3, 0.4) is 0 Å². The molecular formula is C29H24F2N6O2S. The largest absolute Gasteiger partial charge is 0.466 e. The van der Waals surface area contributed by atoms with E-state index in [4.69, 9.17) is 14.7 Å². The summed E-state index contributed by atoms with van der Waals surface area (Å²) in [6.45, 7) is 3.90. The number of aryl methyl sites for hydroxylation is 1. The molecule has 0 atom stereocenters. The molecule has 4 aromatic heterocycles. The number of esters is 1. The minimum absolute atomic E-state index is 0.0219. The fourth-order valence-electron chi connectivity index (χ4n) is 4.37. The Labute approximate surface area is 233 Å². The first-order valence-electron chi connectivity index (χ1n) is 12.5. The van der Waals surface area contributed by atoms with E-state index in [1.54, 1.807) is 19.1 Å². The van der Waals surface area contributed by atoms with E-state index in [0.29, 0.717) is 44.5 Å². The molecule has 0 unspecified atom stereocenters. The second-order valence-corrected chi connectivity index (χ2v) is 9.85. The van der Waals surface area contributed by atoms with Gasteiger partial charge >= 0.3 is 5.97 Å². The molecule has 40 heavy (non-hydrogen) atoms. The summed E-state index contributed by atoms with van der Waals surface area (Å²) in [5, 5.41) is 10.3. The van der Waals surface area contributed by atoms with E-state index in [-0.39, 0.29) is 24.5 Å². The van der Waals surface area contributed by atoms with E-state index < -0.39 is 11.8 Å². The van der Waals surface area contributed by atoms with Crippen LogP contribution in [0.1, 0.15) is 30.1 Å². The number of rotatable bonds is 8. The van der Waals surface area contributed by atoms with Crippen molar-refractivity contribution in [3.63, 3.8) is 0 Å². The highest BCUT2D eigenvalue weighted by Gasteiger charge is 2.22. The maximum atomic E-state index is 14.8. The zero-order valence-electron chi connectivity index (χ0n) is 22.0. The van der Waals surface area contributed by atoms with Gasteiger partial charge in [-0.15, -0.1) is 0 Å². The topological polar surface area (TPSA) is 96.4 Å². The summed E-state index contributed by atoms with van der Waals surface area (Å²) in [5.74, 6) is -0.753. The molecule has 5 rings (SSSR count). The number of carbonyl (C=O) groups is 1. The first-order chi connectivity index (χ1) is 19.3. The molecule has 0 saturated heterocycles. The highest BCUT2D eigenvalue weighted by molar-refractivity contribution is 7.16. The lowest BCUT2D eigenvalue weighted by Crippen LogP contribution is -2.13. The summed E-state index contributed by atoms with van der Waals surface area (Å²) in [5.41, 5.74) is 3.87. The number of hydrogen-bond donors (Lipinski definition) is 0. The van der Waals surface area contributed by atoms with Crippen LogP contribution in [0.4, 0.5) is 19.7 Å². The fourth-order valence-corrected chi connectivity index (χ4v) is 5.22. The summed E-state index contributed by atoms with van der Waals surface area (Å²) in [6.07, 6.45) is 3.76. The van der Waals surface area contributed by atoms with E-state index in [1.165, 1.54) is 35.7 Å². The SMILES string of the molecule is CCOC(=O)Cc1ncc(-c2ccc3nc(CC)c(N(C)c4nc(-c5ccc(F)cc5)c(C#N)s4)n3c2)cc1F. The third kappa shape index (κ3) is 5.13. The number of benzene rings is 1. The Hall–Kier alpha value is -4.69. The number of thiazole rings is 1. The van der Waals surface area contributed by atoms with Gasteiger partial charge in [0.05, 0.1) is 24.4 Å². The average molecular weight is 559 g/mol. The molecule has 0 aliphatic rings. The molecule has 0 bridgehead atoms. The standard InChI is InChI=1S/C29H24F2N6O2S/c1-4-22-28(36(3)29-35-27(24(14-32)40-29)17-6-9-20(30)10-7-17)37-16-18(8-11-25(37)34-22)19-12-21(31)23(33-15-19)13-26(38)39-5-2/h6-12,15-16H,4-5,13H2,1-3H3. The molecule has 1 aromatic carbocycles. The van der Waals surface area contributed by atoms with Gasteiger partial charge in [-0.2, -0.15) is 5.26 Å². The van der Waals surface area contributed by atoms with E-state index in [0.717, 1.165) is 11.5 Å². The molecule has 0 radical (unpaired) electrons. The predicted molar refractivity (Wildman–Crippen MR) is 148 cm³/mol. The lowest BCUT2D eigenvalue weighted by Gasteiger charge is -2.17. The van der Waals surface area contributed by atoms with Gasteiger partial charge in [-0.1, -0.05) is 18.3 Å².